The van der Waals surface area contributed by atoms with Crippen LogP contribution in [0.25, 0.3) is 10.9 Å². The van der Waals surface area contributed by atoms with Gasteiger partial charge in [0.1, 0.15) is 0 Å². The van der Waals surface area contributed by atoms with Gasteiger partial charge in [0.05, 0.1) is 11.6 Å². The summed E-state index contributed by atoms with van der Waals surface area (Å²) in [6, 6.07) is 10.2. The summed E-state index contributed by atoms with van der Waals surface area (Å²) in [4.78, 5) is 18.9. The second-order valence-electron chi connectivity index (χ2n) is 8.01. The zero-order chi connectivity index (χ0) is 17.9. The van der Waals surface area contributed by atoms with Crippen LogP contribution in [0.15, 0.2) is 36.5 Å². The maximum Gasteiger partial charge on any atom is 0.222 e. The van der Waals surface area contributed by atoms with Gasteiger partial charge in [-0.1, -0.05) is 43.9 Å². The molecular formula is C22H28N2O2. The molecule has 4 nitrogen and oxygen atoms in total. The fraction of sp³-hybridized carbons (Fsp3) is 0.545. The van der Waals surface area contributed by atoms with Crippen LogP contribution in [0.4, 0.5) is 0 Å². The van der Waals surface area contributed by atoms with Gasteiger partial charge in [-0.05, 0) is 36.5 Å². The number of pyridine rings is 1. The molecule has 4 heteroatoms. The van der Waals surface area contributed by atoms with Gasteiger partial charge >= 0.3 is 0 Å². The summed E-state index contributed by atoms with van der Waals surface area (Å²) >= 11 is 0. The molecule has 0 radical (unpaired) electrons. The summed E-state index contributed by atoms with van der Waals surface area (Å²) in [5.41, 5.74) is 2.20. The standard InChI is InChI=1S/C22H28N2O2/c25-21-15-24(22(26)10-9-16-5-1-2-6-16)14-18(21)13-17-11-12-23-20-8-4-3-7-19(17)20/h3-4,7-8,11-12,16,18,21,25H,1-2,5-6,9-10,13-15H2/t18-,21-/m1/s1. The fourth-order valence-corrected chi connectivity index (χ4v) is 4.66. The third kappa shape index (κ3) is 3.75. The van der Waals surface area contributed by atoms with Gasteiger partial charge in [0.15, 0.2) is 0 Å². The van der Waals surface area contributed by atoms with Crippen molar-refractivity contribution in [1.29, 1.82) is 0 Å². The first-order valence-corrected chi connectivity index (χ1v) is 9.99. The molecule has 1 aromatic carbocycles. The van der Waals surface area contributed by atoms with Crippen LogP contribution >= 0.6 is 0 Å². The number of carbonyl (C=O) groups is 1. The van der Waals surface area contributed by atoms with E-state index in [1.54, 1.807) is 0 Å². The highest BCUT2D eigenvalue weighted by molar-refractivity contribution is 5.82. The van der Waals surface area contributed by atoms with E-state index in [1.807, 2.05) is 35.4 Å². The maximum atomic E-state index is 12.6. The molecule has 1 aliphatic carbocycles. The first-order valence-electron chi connectivity index (χ1n) is 9.99. The normalized spacial score (nSPS) is 23.8. The van der Waals surface area contributed by atoms with Crippen LogP contribution in [0.5, 0.6) is 0 Å². The second-order valence-corrected chi connectivity index (χ2v) is 8.01. The zero-order valence-corrected chi connectivity index (χ0v) is 15.3. The van der Waals surface area contributed by atoms with Crippen LogP contribution in [0, 0.1) is 11.8 Å². The third-order valence-corrected chi connectivity index (χ3v) is 6.22. The summed E-state index contributed by atoms with van der Waals surface area (Å²) < 4.78 is 0. The molecule has 2 aromatic rings. The van der Waals surface area contributed by atoms with Crippen LogP contribution in [-0.2, 0) is 11.2 Å². The lowest BCUT2D eigenvalue weighted by Gasteiger charge is -2.18. The maximum absolute atomic E-state index is 12.6. The van der Waals surface area contributed by atoms with E-state index < -0.39 is 6.10 Å². The van der Waals surface area contributed by atoms with E-state index in [-0.39, 0.29) is 11.8 Å². The van der Waals surface area contributed by atoms with E-state index in [9.17, 15) is 9.90 Å². The number of carbonyl (C=O) groups excluding carboxylic acids is 1. The second kappa shape index (κ2) is 7.75. The molecule has 1 aliphatic heterocycles. The predicted molar refractivity (Wildman–Crippen MR) is 103 cm³/mol. The summed E-state index contributed by atoms with van der Waals surface area (Å²) in [7, 11) is 0. The molecule has 1 amide bonds. The lowest BCUT2D eigenvalue weighted by atomic mass is 9.94. The number of hydrogen-bond donors (Lipinski definition) is 1. The number of aliphatic hydroxyl groups excluding tert-OH is 1. The Kier molecular flexibility index (Phi) is 5.21. The number of nitrogens with zero attached hydrogens (tertiary/aromatic N) is 2. The monoisotopic (exact) mass is 352 g/mol. The SMILES string of the molecule is O=C(CCC1CCCC1)N1C[C@@H](Cc2ccnc3ccccc23)[C@H](O)C1. The van der Waals surface area contributed by atoms with E-state index in [0.717, 1.165) is 29.7 Å². The quantitative estimate of drug-likeness (QED) is 0.895. The van der Waals surface area contributed by atoms with Gasteiger partial charge in [-0.25, -0.2) is 0 Å². The molecule has 1 saturated heterocycles. The Morgan fingerprint density at radius 1 is 1.15 bits per heavy atom. The number of fused-ring (bicyclic) bond motifs is 1. The average molecular weight is 352 g/mol. The van der Waals surface area contributed by atoms with E-state index in [4.69, 9.17) is 0 Å². The minimum absolute atomic E-state index is 0.108. The highest BCUT2D eigenvalue weighted by Crippen LogP contribution is 2.30. The Bertz CT molecular complexity index is 764. The van der Waals surface area contributed by atoms with Crippen molar-refractivity contribution in [2.45, 2.75) is 51.0 Å². The van der Waals surface area contributed by atoms with Crippen molar-refractivity contribution in [2.24, 2.45) is 11.8 Å². The molecule has 0 unspecified atom stereocenters. The Hall–Kier alpha value is -1.94. The lowest BCUT2D eigenvalue weighted by Crippen LogP contribution is -2.29. The van der Waals surface area contributed by atoms with Gasteiger partial charge in [-0.3, -0.25) is 9.78 Å². The fourth-order valence-electron chi connectivity index (χ4n) is 4.66. The molecule has 0 spiro atoms. The number of aromatic nitrogens is 1. The average Bonchev–Trinajstić information content (AvgIpc) is 3.30. The molecular weight excluding hydrogens is 324 g/mol. The van der Waals surface area contributed by atoms with Crippen LogP contribution in [0.2, 0.25) is 0 Å². The van der Waals surface area contributed by atoms with Gasteiger partial charge < -0.3 is 10.0 Å². The van der Waals surface area contributed by atoms with Crippen molar-refractivity contribution in [2.75, 3.05) is 13.1 Å². The summed E-state index contributed by atoms with van der Waals surface area (Å²) in [5, 5.41) is 11.7. The largest absolute Gasteiger partial charge is 0.391 e. The van der Waals surface area contributed by atoms with Gasteiger partial charge in [0.2, 0.25) is 5.91 Å². The van der Waals surface area contributed by atoms with Crippen LogP contribution in [-0.4, -0.2) is 40.1 Å². The molecule has 1 aromatic heterocycles. The van der Waals surface area contributed by atoms with Crippen molar-refractivity contribution < 1.29 is 9.90 Å². The summed E-state index contributed by atoms with van der Waals surface area (Å²) in [5.74, 6) is 1.07. The first-order chi connectivity index (χ1) is 12.7. The molecule has 0 bridgehead atoms. The summed E-state index contributed by atoms with van der Waals surface area (Å²) in [6.07, 6.45) is 9.07. The number of hydrogen-bond acceptors (Lipinski definition) is 3. The molecule has 138 valence electrons. The van der Waals surface area contributed by atoms with Crippen molar-refractivity contribution in [1.82, 2.24) is 9.88 Å². The third-order valence-electron chi connectivity index (χ3n) is 6.22. The van der Waals surface area contributed by atoms with Crippen LogP contribution in [0.1, 0.15) is 44.1 Å². The number of amides is 1. The van der Waals surface area contributed by atoms with E-state index in [1.165, 1.54) is 31.2 Å². The molecule has 2 aliphatic rings. The van der Waals surface area contributed by atoms with Gasteiger partial charge in [0.25, 0.3) is 0 Å². The zero-order valence-electron chi connectivity index (χ0n) is 15.3. The highest BCUT2D eigenvalue weighted by Gasteiger charge is 2.34. The van der Waals surface area contributed by atoms with Crippen molar-refractivity contribution in [3.05, 3.63) is 42.1 Å². The van der Waals surface area contributed by atoms with Crippen molar-refractivity contribution in [3.63, 3.8) is 0 Å². The lowest BCUT2D eigenvalue weighted by molar-refractivity contribution is -0.130. The van der Waals surface area contributed by atoms with Gasteiger partial charge in [-0.2, -0.15) is 0 Å². The summed E-state index contributed by atoms with van der Waals surface area (Å²) in [6.45, 7) is 1.15. The van der Waals surface area contributed by atoms with Gasteiger partial charge in [-0.15, -0.1) is 0 Å². The Balaban J connectivity index is 1.38. The number of aliphatic hydroxyl groups is 1. The Morgan fingerprint density at radius 3 is 2.81 bits per heavy atom. The topological polar surface area (TPSA) is 53.4 Å². The first kappa shape index (κ1) is 17.5. The molecule has 4 rings (SSSR count). The minimum Gasteiger partial charge on any atom is -0.391 e. The van der Waals surface area contributed by atoms with Gasteiger partial charge in [0, 0.05) is 37.0 Å². The van der Waals surface area contributed by atoms with Crippen LogP contribution in [0.3, 0.4) is 0 Å². The van der Waals surface area contributed by atoms with E-state index in [0.29, 0.717) is 19.5 Å². The number of benzene rings is 1. The predicted octanol–water partition coefficient (Wildman–Crippen LogP) is 3.57. The van der Waals surface area contributed by atoms with Crippen LogP contribution < -0.4 is 0 Å². The smallest absolute Gasteiger partial charge is 0.222 e. The van der Waals surface area contributed by atoms with Crippen molar-refractivity contribution in [3.8, 4) is 0 Å². The van der Waals surface area contributed by atoms with E-state index in [2.05, 4.69) is 11.1 Å². The number of β-amino-alcohol motifs (C(OH)–C–C–N with tert-alkyl or cyclic N) is 1. The van der Waals surface area contributed by atoms with Crippen molar-refractivity contribution >= 4 is 16.8 Å². The Morgan fingerprint density at radius 2 is 1.96 bits per heavy atom. The molecule has 2 fully saturated rings. The molecule has 2 atom stereocenters. The molecule has 1 saturated carbocycles. The number of rotatable bonds is 5. The minimum atomic E-state index is -0.433. The number of para-hydroxylation sites is 1. The number of likely N-dealkylation sites (tertiary alicyclic amines) is 1. The highest BCUT2D eigenvalue weighted by atomic mass is 16.3. The Labute approximate surface area is 155 Å². The molecule has 2 heterocycles. The van der Waals surface area contributed by atoms with E-state index >= 15 is 0 Å². The molecule has 1 N–H and O–H groups in total. The molecule has 26 heavy (non-hydrogen) atoms.